The van der Waals surface area contributed by atoms with Gasteiger partial charge in [0.2, 0.25) is 5.95 Å². The van der Waals surface area contributed by atoms with Crippen LogP contribution in [0.2, 0.25) is 0 Å². The van der Waals surface area contributed by atoms with Crippen molar-refractivity contribution in [1.82, 2.24) is 19.9 Å². The van der Waals surface area contributed by atoms with E-state index in [2.05, 4.69) is 24.8 Å². The first-order chi connectivity index (χ1) is 10.1. The second-order valence-electron chi connectivity index (χ2n) is 5.47. The van der Waals surface area contributed by atoms with Crippen LogP contribution in [0.15, 0.2) is 18.5 Å². The van der Waals surface area contributed by atoms with Crippen LogP contribution in [0.3, 0.4) is 0 Å². The van der Waals surface area contributed by atoms with E-state index >= 15 is 0 Å². The number of aromatic nitrogens is 4. The number of aryl methyl sites for hydroxylation is 3. The van der Waals surface area contributed by atoms with Crippen LogP contribution in [-0.2, 0) is 0 Å². The highest BCUT2D eigenvalue weighted by molar-refractivity contribution is 5.34. The van der Waals surface area contributed by atoms with Crippen LogP contribution < -0.4 is 9.64 Å². The zero-order valence-corrected chi connectivity index (χ0v) is 12.6. The van der Waals surface area contributed by atoms with Gasteiger partial charge in [-0.2, -0.15) is 0 Å². The molecule has 0 amide bonds. The van der Waals surface area contributed by atoms with Crippen LogP contribution in [0.5, 0.6) is 6.01 Å². The van der Waals surface area contributed by atoms with Gasteiger partial charge in [-0.15, -0.1) is 0 Å². The molecule has 2 aromatic heterocycles. The lowest BCUT2D eigenvalue weighted by Crippen LogP contribution is -2.26. The van der Waals surface area contributed by atoms with Gasteiger partial charge in [-0.1, -0.05) is 0 Å². The highest BCUT2D eigenvalue weighted by atomic mass is 16.5. The minimum absolute atomic E-state index is 0.0807. The van der Waals surface area contributed by atoms with Crippen LogP contribution in [0.25, 0.3) is 0 Å². The van der Waals surface area contributed by atoms with Crippen molar-refractivity contribution >= 4 is 5.95 Å². The van der Waals surface area contributed by atoms with Crippen molar-refractivity contribution in [2.24, 2.45) is 0 Å². The first kappa shape index (κ1) is 13.7. The van der Waals surface area contributed by atoms with Crippen LogP contribution >= 0.6 is 0 Å². The monoisotopic (exact) mass is 285 g/mol. The maximum absolute atomic E-state index is 5.82. The third-order valence-electron chi connectivity index (χ3n) is 3.43. The van der Waals surface area contributed by atoms with Crippen molar-refractivity contribution in [3.8, 4) is 6.01 Å². The third-order valence-corrected chi connectivity index (χ3v) is 3.43. The molecule has 1 unspecified atom stereocenters. The first-order valence-corrected chi connectivity index (χ1v) is 7.13. The molecule has 0 aromatic carbocycles. The van der Waals surface area contributed by atoms with Crippen LogP contribution in [0.4, 0.5) is 5.95 Å². The highest BCUT2D eigenvalue weighted by Gasteiger charge is 2.26. The van der Waals surface area contributed by atoms with E-state index in [1.807, 2.05) is 26.8 Å². The second-order valence-corrected chi connectivity index (χ2v) is 5.47. The summed E-state index contributed by atoms with van der Waals surface area (Å²) < 4.78 is 5.82. The summed E-state index contributed by atoms with van der Waals surface area (Å²) in [5.74, 6) is 0.781. The largest absolute Gasteiger partial charge is 0.458 e. The molecule has 1 saturated heterocycles. The van der Waals surface area contributed by atoms with Crippen molar-refractivity contribution in [3.63, 3.8) is 0 Å². The minimum atomic E-state index is 0.0807. The second kappa shape index (κ2) is 5.63. The average Bonchev–Trinajstić information content (AvgIpc) is 2.89. The summed E-state index contributed by atoms with van der Waals surface area (Å²) in [6.45, 7) is 7.59. The molecular formula is C15H19N5O. The predicted molar refractivity (Wildman–Crippen MR) is 79.5 cm³/mol. The van der Waals surface area contributed by atoms with Gasteiger partial charge < -0.3 is 9.64 Å². The minimum Gasteiger partial charge on any atom is -0.458 e. The van der Waals surface area contributed by atoms with E-state index in [0.717, 1.165) is 42.4 Å². The van der Waals surface area contributed by atoms with E-state index in [9.17, 15) is 0 Å². The fraction of sp³-hybridized carbons (Fsp3) is 0.467. The summed E-state index contributed by atoms with van der Waals surface area (Å²) in [5.41, 5.74) is 3.01. The van der Waals surface area contributed by atoms with Crippen molar-refractivity contribution in [1.29, 1.82) is 0 Å². The molecule has 110 valence electrons. The van der Waals surface area contributed by atoms with E-state index in [-0.39, 0.29) is 6.10 Å². The van der Waals surface area contributed by atoms with E-state index < -0.39 is 0 Å². The Hall–Kier alpha value is -2.24. The molecule has 2 aromatic rings. The lowest BCUT2D eigenvalue weighted by atomic mass is 10.3. The SMILES string of the molecule is Cc1cnc(OC2CCN(c3nc(C)cc(C)n3)C2)nc1. The number of hydrogen-bond acceptors (Lipinski definition) is 6. The van der Waals surface area contributed by atoms with Crippen LogP contribution in [-0.4, -0.2) is 39.1 Å². The smallest absolute Gasteiger partial charge is 0.316 e. The molecule has 0 spiro atoms. The molecule has 6 nitrogen and oxygen atoms in total. The highest BCUT2D eigenvalue weighted by Crippen LogP contribution is 2.20. The quantitative estimate of drug-likeness (QED) is 0.857. The maximum Gasteiger partial charge on any atom is 0.316 e. The van der Waals surface area contributed by atoms with E-state index in [1.165, 1.54) is 0 Å². The van der Waals surface area contributed by atoms with Crippen molar-refractivity contribution in [2.45, 2.75) is 33.3 Å². The topological polar surface area (TPSA) is 64.0 Å². The van der Waals surface area contributed by atoms with Gasteiger partial charge in [0.05, 0.1) is 6.54 Å². The fourth-order valence-electron chi connectivity index (χ4n) is 2.45. The van der Waals surface area contributed by atoms with E-state index in [1.54, 1.807) is 12.4 Å². The lowest BCUT2D eigenvalue weighted by molar-refractivity contribution is 0.206. The molecule has 1 atom stereocenters. The number of nitrogens with zero attached hydrogens (tertiary/aromatic N) is 5. The zero-order chi connectivity index (χ0) is 14.8. The number of anilines is 1. The molecule has 0 radical (unpaired) electrons. The predicted octanol–water partition coefficient (Wildman–Crippen LogP) is 1.85. The molecule has 0 saturated carbocycles. The summed E-state index contributed by atoms with van der Waals surface area (Å²) in [7, 11) is 0. The number of rotatable bonds is 3. The Labute approximate surface area is 124 Å². The summed E-state index contributed by atoms with van der Waals surface area (Å²) in [5, 5.41) is 0. The van der Waals surface area contributed by atoms with Gasteiger partial charge >= 0.3 is 6.01 Å². The Morgan fingerprint density at radius 1 is 1.10 bits per heavy atom. The molecule has 3 rings (SSSR count). The molecule has 3 heterocycles. The van der Waals surface area contributed by atoms with Gasteiger partial charge in [0.15, 0.2) is 0 Å². The first-order valence-electron chi connectivity index (χ1n) is 7.13. The van der Waals surface area contributed by atoms with E-state index in [4.69, 9.17) is 4.74 Å². The lowest BCUT2D eigenvalue weighted by Gasteiger charge is -2.17. The Balaban J connectivity index is 1.66. The summed E-state index contributed by atoms with van der Waals surface area (Å²) in [6, 6.07) is 2.42. The Morgan fingerprint density at radius 2 is 1.76 bits per heavy atom. The van der Waals surface area contributed by atoms with Crippen molar-refractivity contribution in [2.75, 3.05) is 18.0 Å². The Kier molecular flexibility index (Phi) is 3.68. The van der Waals surface area contributed by atoms with Gasteiger partial charge in [0.1, 0.15) is 6.10 Å². The van der Waals surface area contributed by atoms with Gasteiger partial charge in [0, 0.05) is 36.7 Å². The zero-order valence-electron chi connectivity index (χ0n) is 12.6. The Morgan fingerprint density at radius 3 is 2.43 bits per heavy atom. The molecule has 21 heavy (non-hydrogen) atoms. The van der Waals surface area contributed by atoms with Crippen LogP contribution in [0, 0.1) is 20.8 Å². The molecule has 0 aliphatic carbocycles. The molecule has 0 bridgehead atoms. The number of ether oxygens (including phenoxy) is 1. The summed E-state index contributed by atoms with van der Waals surface area (Å²) in [6.07, 6.45) is 4.54. The normalized spacial score (nSPS) is 18.0. The van der Waals surface area contributed by atoms with Crippen LogP contribution in [0.1, 0.15) is 23.4 Å². The fourth-order valence-corrected chi connectivity index (χ4v) is 2.45. The summed E-state index contributed by atoms with van der Waals surface area (Å²) in [4.78, 5) is 19.5. The standard InChI is InChI=1S/C15H19N5O/c1-10-7-16-15(17-8-10)21-13-4-5-20(9-13)14-18-11(2)6-12(3)19-14/h6-8,13H,4-5,9H2,1-3H3. The number of hydrogen-bond donors (Lipinski definition) is 0. The van der Waals surface area contributed by atoms with Crippen molar-refractivity contribution in [3.05, 3.63) is 35.4 Å². The van der Waals surface area contributed by atoms with Gasteiger partial charge in [-0.05, 0) is 32.4 Å². The third kappa shape index (κ3) is 3.26. The molecular weight excluding hydrogens is 266 g/mol. The maximum atomic E-state index is 5.82. The molecule has 0 N–H and O–H groups in total. The van der Waals surface area contributed by atoms with Gasteiger partial charge in [-0.3, -0.25) is 0 Å². The molecule has 1 aliphatic rings. The summed E-state index contributed by atoms with van der Waals surface area (Å²) >= 11 is 0. The van der Waals surface area contributed by atoms with Gasteiger partial charge in [-0.25, -0.2) is 19.9 Å². The Bertz CT molecular complexity index is 608. The molecule has 1 fully saturated rings. The molecule has 6 heteroatoms. The van der Waals surface area contributed by atoms with Crippen molar-refractivity contribution < 1.29 is 4.74 Å². The molecule has 1 aliphatic heterocycles. The van der Waals surface area contributed by atoms with E-state index in [0.29, 0.717) is 6.01 Å². The average molecular weight is 285 g/mol. The van der Waals surface area contributed by atoms with Gasteiger partial charge in [0.25, 0.3) is 0 Å².